The number of benzene rings is 1. The molecule has 0 amide bonds. The second-order valence-corrected chi connectivity index (χ2v) is 6.13. The summed E-state index contributed by atoms with van der Waals surface area (Å²) in [5.74, 6) is 0.404. The van der Waals surface area contributed by atoms with E-state index in [2.05, 4.69) is 31.8 Å². The van der Waals surface area contributed by atoms with Crippen LogP contribution in [0.3, 0.4) is 0 Å². The van der Waals surface area contributed by atoms with E-state index in [0.717, 1.165) is 17.3 Å². The van der Waals surface area contributed by atoms with Gasteiger partial charge in [0.25, 0.3) is 0 Å². The first-order valence-electron chi connectivity index (χ1n) is 6.85. The Morgan fingerprint density at radius 2 is 1.95 bits per heavy atom. The zero-order valence-electron chi connectivity index (χ0n) is 12.8. The molecule has 1 aromatic heterocycles. The van der Waals surface area contributed by atoms with Gasteiger partial charge in [-0.15, -0.1) is 0 Å². The fourth-order valence-corrected chi connectivity index (χ4v) is 2.10. The zero-order chi connectivity index (χ0) is 15.6. The quantitative estimate of drug-likeness (QED) is 0.924. The van der Waals surface area contributed by atoms with Gasteiger partial charge in [-0.2, -0.15) is 0 Å². The lowest BCUT2D eigenvalue weighted by molar-refractivity contribution is 0.273. The van der Waals surface area contributed by atoms with Crippen molar-refractivity contribution in [1.29, 1.82) is 0 Å². The predicted octanol–water partition coefficient (Wildman–Crippen LogP) is 4.11. The SMILES string of the molecule is Cc1ccc(Oc2ncc(F)cc2CO)c(C(C)(C)C)c1. The molecule has 0 spiro atoms. The Hall–Kier alpha value is -1.94. The molecule has 1 N–H and O–H groups in total. The van der Waals surface area contributed by atoms with Gasteiger partial charge in [-0.3, -0.25) is 0 Å². The van der Waals surface area contributed by atoms with Crippen LogP contribution in [0.25, 0.3) is 0 Å². The highest BCUT2D eigenvalue weighted by atomic mass is 19.1. The molecule has 0 saturated heterocycles. The van der Waals surface area contributed by atoms with E-state index in [1.54, 1.807) is 0 Å². The van der Waals surface area contributed by atoms with Crippen LogP contribution in [0.2, 0.25) is 0 Å². The summed E-state index contributed by atoms with van der Waals surface area (Å²) in [4.78, 5) is 3.93. The van der Waals surface area contributed by atoms with Crippen molar-refractivity contribution >= 4 is 0 Å². The summed E-state index contributed by atoms with van der Waals surface area (Å²) in [6.07, 6.45) is 1.08. The minimum atomic E-state index is -0.494. The van der Waals surface area contributed by atoms with Gasteiger partial charge in [0.15, 0.2) is 0 Å². The average molecular weight is 289 g/mol. The first kappa shape index (κ1) is 15.4. The lowest BCUT2D eigenvalue weighted by atomic mass is 9.85. The van der Waals surface area contributed by atoms with E-state index in [0.29, 0.717) is 11.3 Å². The van der Waals surface area contributed by atoms with Gasteiger partial charge in [0.1, 0.15) is 11.6 Å². The number of pyridine rings is 1. The van der Waals surface area contributed by atoms with E-state index in [4.69, 9.17) is 4.74 Å². The van der Waals surface area contributed by atoms with Crippen molar-refractivity contribution in [1.82, 2.24) is 4.98 Å². The number of halogens is 1. The van der Waals surface area contributed by atoms with Gasteiger partial charge < -0.3 is 9.84 Å². The maximum absolute atomic E-state index is 13.2. The molecule has 0 atom stereocenters. The van der Waals surface area contributed by atoms with E-state index >= 15 is 0 Å². The van der Waals surface area contributed by atoms with Crippen LogP contribution >= 0.6 is 0 Å². The van der Waals surface area contributed by atoms with Crippen LogP contribution in [0.4, 0.5) is 4.39 Å². The standard InChI is InChI=1S/C17H20FNO2/c1-11-5-6-15(14(7-11)17(2,3)4)21-16-12(10-20)8-13(18)9-19-16/h5-9,20H,10H2,1-4H3. The first-order valence-corrected chi connectivity index (χ1v) is 6.85. The largest absolute Gasteiger partial charge is 0.438 e. The van der Waals surface area contributed by atoms with Gasteiger partial charge in [-0.05, 0) is 24.5 Å². The van der Waals surface area contributed by atoms with Crippen molar-refractivity contribution in [3.63, 3.8) is 0 Å². The number of aryl methyl sites for hydroxylation is 1. The highest BCUT2D eigenvalue weighted by Crippen LogP contribution is 2.35. The number of aliphatic hydroxyl groups is 1. The summed E-state index contributed by atoms with van der Waals surface area (Å²) in [7, 11) is 0. The molecule has 3 nitrogen and oxygen atoms in total. The van der Waals surface area contributed by atoms with Crippen LogP contribution in [0, 0.1) is 12.7 Å². The highest BCUT2D eigenvalue weighted by molar-refractivity contribution is 5.44. The molecule has 0 aliphatic carbocycles. The third kappa shape index (κ3) is 3.58. The average Bonchev–Trinajstić information content (AvgIpc) is 2.41. The smallest absolute Gasteiger partial charge is 0.224 e. The Morgan fingerprint density at radius 3 is 2.57 bits per heavy atom. The summed E-state index contributed by atoms with van der Waals surface area (Å²) < 4.78 is 19.0. The topological polar surface area (TPSA) is 42.4 Å². The molecule has 0 saturated carbocycles. The number of rotatable bonds is 3. The molecule has 0 unspecified atom stereocenters. The number of ether oxygens (including phenoxy) is 1. The maximum Gasteiger partial charge on any atom is 0.224 e. The van der Waals surface area contributed by atoms with Crippen molar-refractivity contribution in [2.45, 2.75) is 39.7 Å². The Kier molecular flexibility index (Phi) is 4.28. The Balaban J connectivity index is 2.45. The highest BCUT2D eigenvalue weighted by Gasteiger charge is 2.20. The summed E-state index contributed by atoms with van der Waals surface area (Å²) in [6, 6.07) is 7.12. The third-order valence-electron chi connectivity index (χ3n) is 3.21. The van der Waals surface area contributed by atoms with E-state index in [1.165, 1.54) is 6.07 Å². The van der Waals surface area contributed by atoms with E-state index < -0.39 is 5.82 Å². The van der Waals surface area contributed by atoms with Crippen molar-refractivity contribution in [3.05, 3.63) is 53.0 Å². The first-order chi connectivity index (χ1) is 9.81. The van der Waals surface area contributed by atoms with Crippen molar-refractivity contribution < 1.29 is 14.2 Å². The second-order valence-electron chi connectivity index (χ2n) is 6.13. The third-order valence-corrected chi connectivity index (χ3v) is 3.21. The molecule has 0 radical (unpaired) electrons. The second kappa shape index (κ2) is 5.82. The van der Waals surface area contributed by atoms with Crippen LogP contribution in [0.5, 0.6) is 11.6 Å². The molecule has 21 heavy (non-hydrogen) atoms. The van der Waals surface area contributed by atoms with Gasteiger partial charge >= 0.3 is 0 Å². The van der Waals surface area contributed by atoms with Crippen LogP contribution in [0.1, 0.15) is 37.5 Å². The van der Waals surface area contributed by atoms with Gasteiger partial charge in [0, 0.05) is 11.1 Å². The van der Waals surface area contributed by atoms with Crippen LogP contribution in [-0.2, 0) is 12.0 Å². The normalized spacial score (nSPS) is 11.5. The molecule has 0 fully saturated rings. The number of hydrogen-bond acceptors (Lipinski definition) is 3. The molecule has 112 valence electrons. The zero-order valence-corrected chi connectivity index (χ0v) is 12.8. The minimum absolute atomic E-state index is 0.0965. The molecule has 0 aliphatic heterocycles. The number of aromatic nitrogens is 1. The molecule has 1 aromatic carbocycles. The fourth-order valence-electron chi connectivity index (χ4n) is 2.10. The number of nitrogens with zero attached hydrogens (tertiary/aromatic N) is 1. The lowest BCUT2D eigenvalue weighted by Crippen LogP contribution is -2.13. The molecular formula is C17H20FNO2. The molecule has 2 rings (SSSR count). The summed E-state index contributed by atoms with van der Waals surface area (Å²) in [5.41, 5.74) is 2.41. The van der Waals surface area contributed by atoms with Crippen molar-refractivity contribution in [2.75, 3.05) is 0 Å². The Labute approximate surface area is 124 Å². The predicted molar refractivity (Wildman–Crippen MR) is 80.1 cm³/mol. The van der Waals surface area contributed by atoms with Gasteiger partial charge in [0.2, 0.25) is 5.88 Å². The van der Waals surface area contributed by atoms with Crippen LogP contribution in [0.15, 0.2) is 30.5 Å². The molecule has 0 bridgehead atoms. The van der Waals surface area contributed by atoms with Gasteiger partial charge in [-0.25, -0.2) is 9.37 Å². The maximum atomic E-state index is 13.2. The van der Waals surface area contributed by atoms with Crippen LogP contribution < -0.4 is 4.74 Å². The van der Waals surface area contributed by atoms with E-state index in [-0.39, 0.29) is 17.9 Å². The van der Waals surface area contributed by atoms with Crippen LogP contribution in [-0.4, -0.2) is 10.1 Å². The lowest BCUT2D eigenvalue weighted by Gasteiger charge is -2.23. The molecule has 2 aromatic rings. The van der Waals surface area contributed by atoms with Crippen molar-refractivity contribution in [2.24, 2.45) is 0 Å². The summed E-state index contributed by atoms with van der Waals surface area (Å²) >= 11 is 0. The minimum Gasteiger partial charge on any atom is -0.438 e. The molecular weight excluding hydrogens is 269 g/mol. The van der Waals surface area contributed by atoms with Gasteiger partial charge in [-0.1, -0.05) is 38.5 Å². The summed E-state index contributed by atoms with van der Waals surface area (Å²) in [6.45, 7) is 7.99. The Bertz CT molecular complexity index is 648. The molecule has 4 heteroatoms. The number of aliphatic hydroxyl groups excluding tert-OH is 1. The van der Waals surface area contributed by atoms with Gasteiger partial charge in [0.05, 0.1) is 12.8 Å². The van der Waals surface area contributed by atoms with E-state index in [1.807, 2.05) is 19.1 Å². The molecule has 0 aliphatic rings. The fraction of sp³-hybridized carbons (Fsp3) is 0.353. The van der Waals surface area contributed by atoms with Crippen molar-refractivity contribution in [3.8, 4) is 11.6 Å². The monoisotopic (exact) mass is 289 g/mol. The molecule has 1 heterocycles. The summed E-state index contributed by atoms with van der Waals surface area (Å²) in [5, 5.41) is 9.31. The van der Waals surface area contributed by atoms with E-state index in [9.17, 15) is 9.50 Å². The number of hydrogen-bond donors (Lipinski definition) is 1. The Morgan fingerprint density at radius 1 is 1.24 bits per heavy atom.